The number of nitrogens with zero attached hydrogens (tertiary/aromatic N) is 3. The summed E-state index contributed by atoms with van der Waals surface area (Å²) in [4.78, 5) is 36.9. The van der Waals surface area contributed by atoms with Crippen LogP contribution in [0.4, 0.5) is 5.82 Å². The van der Waals surface area contributed by atoms with E-state index in [2.05, 4.69) is 20.6 Å². The Kier molecular flexibility index (Phi) is 9.36. The molecule has 182 valence electrons. The number of hydrogen-bond donors (Lipinski definition) is 4. The van der Waals surface area contributed by atoms with Crippen molar-refractivity contribution in [3.63, 3.8) is 0 Å². The highest BCUT2D eigenvalue weighted by molar-refractivity contribution is 6.01. The molecule has 1 atom stereocenters. The summed E-state index contributed by atoms with van der Waals surface area (Å²) in [6.45, 7) is 10.3. The molecule has 0 spiro atoms. The number of rotatable bonds is 11. The van der Waals surface area contributed by atoms with Crippen LogP contribution in [0.15, 0.2) is 29.0 Å². The van der Waals surface area contributed by atoms with E-state index < -0.39 is 17.9 Å². The molecule has 0 saturated heterocycles. The average Bonchev–Trinajstić information content (AvgIpc) is 3.28. The van der Waals surface area contributed by atoms with Crippen LogP contribution in [0.5, 0.6) is 0 Å². The topological polar surface area (TPSA) is 147 Å². The van der Waals surface area contributed by atoms with Crippen LogP contribution >= 0.6 is 0 Å². The van der Waals surface area contributed by atoms with Crippen LogP contribution in [0.25, 0.3) is 0 Å². The normalized spacial score (nSPS) is 12.5. The predicted molar refractivity (Wildman–Crippen MR) is 126 cm³/mol. The third-order valence-corrected chi connectivity index (χ3v) is 4.84. The molecule has 10 nitrogen and oxygen atoms in total. The number of furan rings is 1. The fourth-order valence-electron chi connectivity index (χ4n) is 3.19. The highest BCUT2D eigenvalue weighted by Gasteiger charge is 2.32. The molecular formula is C23H36N6O4. The molecule has 0 saturated carbocycles. The van der Waals surface area contributed by atoms with Gasteiger partial charge < -0.3 is 30.8 Å². The van der Waals surface area contributed by atoms with Crippen LogP contribution in [-0.2, 0) is 16.8 Å². The van der Waals surface area contributed by atoms with Gasteiger partial charge in [0, 0.05) is 31.2 Å². The smallest absolute Gasteiger partial charge is 0.259 e. The van der Waals surface area contributed by atoms with Crippen LogP contribution in [-0.4, -0.2) is 64.1 Å². The van der Waals surface area contributed by atoms with E-state index in [1.165, 1.54) is 11.1 Å². The van der Waals surface area contributed by atoms with Crippen LogP contribution in [0.1, 0.15) is 56.6 Å². The van der Waals surface area contributed by atoms with Crippen molar-refractivity contribution in [2.24, 2.45) is 11.7 Å². The molecule has 0 aliphatic carbocycles. The van der Waals surface area contributed by atoms with Gasteiger partial charge in [-0.2, -0.15) is 0 Å². The van der Waals surface area contributed by atoms with Crippen molar-refractivity contribution in [3.05, 3.63) is 41.7 Å². The van der Waals surface area contributed by atoms with Crippen LogP contribution < -0.4 is 16.4 Å². The Labute approximate surface area is 195 Å². The molecule has 0 aliphatic heterocycles. The Hall–Kier alpha value is -2.98. The summed E-state index contributed by atoms with van der Waals surface area (Å²) >= 11 is 0. The van der Waals surface area contributed by atoms with Gasteiger partial charge in [-0.1, -0.05) is 34.6 Å². The molecule has 33 heavy (non-hydrogen) atoms. The van der Waals surface area contributed by atoms with Gasteiger partial charge in [-0.05, 0) is 18.1 Å². The van der Waals surface area contributed by atoms with Crippen molar-refractivity contribution >= 4 is 17.6 Å². The Morgan fingerprint density at radius 3 is 2.58 bits per heavy atom. The number of carbonyl (C=O) groups excluding carboxylic acids is 2. The third-order valence-electron chi connectivity index (χ3n) is 4.84. The monoisotopic (exact) mass is 460 g/mol. The minimum absolute atomic E-state index is 0.0637. The second-order valence-corrected chi connectivity index (χ2v) is 9.26. The van der Waals surface area contributed by atoms with Crippen LogP contribution in [0.2, 0.25) is 0 Å². The van der Waals surface area contributed by atoms with Crippen molar-refractivity contribution in [1.29, 1.82) is 0 Å². The second kappa shape index (κ2) is 11.8. The second-order valence-electron chi connectivity index (χ2n) is 9.26. The predicted octanol–water partition coefficient (Wildman–Crippen LogP) is 1.51. The lowest BCUT2D eigenvalue weighted by Crippen LogP contribution is -2.54. The van der Waals surface area contributed by atoms with Crippen LogP contribution in [0.3, 0.4) is 0 Å². The maximum absolute atomic E-state index is 13.7. The van der Waals surface area contributed by atoms with Gasteiger partial charge in [0.15, 0.2) is 0 Å². The third kappa shape index (κ3) is 7.26. The zero-order chi connectivity index (χ0) is 24.6. The molecule has 0 bridgehead atoms. The molecule has 0 unspecified atom stereocenters. The average molecular weight is 461 g/mol. The van der Waals surface area contributed by atoms with Gasteiger partial charge >= 0.3 is 0 Å². The molecule has 2 amide bonds. The van der Waals surface area contributed by atoms with E-state index in [9.17, 15) is 9.59 Å². The number of nitrogens with one attached hydrogen (secondary N) is 2. The lowest BCUT2D eigenvalue weighted by molar-refractivity contribution is -0.125. The van der Waals surface area contributed by atoms with E-state index in [0.717, 1.165) is 0 Å². The fourth-order valence-corrected chi connectivity index (χ4v) is 3.19. The van der Waals surface area contributed by atoms with Gasteiger partial charge in [-0.3, -0.25) is 9.59 Å². The van der Waals surface area contributed by atoms with Crippen molar-refractivity contribution in [2.45, 2.75) is 52.6 Å². The number of aliphatic hydroxyl groups excluding tert-OH is 1. The Morgan fingerprint density at radius 1 is 1.30 bits per heavy atom. The minimum atomic E-state index is -0.897. The van der Waals surface area contributed by atoms with Crippen molar-refractivity contribution in [3.8, 4) is 0 Å². The van der Waals surface area contributed by atoms with E-state index in [1.807, 2.05) is 40.7 Å². The van der Waals surface area contributed by atoms with E-state index in [-0.39, 0.29) is 36.6 Å². The summed E-state index contributed by atoms with van der Waals surface area (Å²) in [6, 6.07) is 2.71. The standard InChI is InChI=1S/C23H36N6O4/c1-15(2)14-29(18(11-24)20(31)25-8-9-30)21(32)17-13-27-22(23(3,4)5)28-19(17)26-12-16-7-6-10-33-16/h6-7,10,13,15,18,30H,8-9,11-12,14,24H2,1-5H3,(H,25,31)(H,26,27,28)/t18-/m0/s1. The van der Waals surface area contributed by atoms with Crippen molar-refractivity contribution in [1.82, 2.24) is 20.2 Å². The number of aromatic nitrogens is 2. The van der Waals surface area contributed by atoms with Crippen LogP contribution in [0, 0.1) is 5.92 Å². The molecule has 2 aromatic rings. The molecule has 2 rings (SSSR count). The number of anilines is 1. The lowest BCUT2D eigenvalue weighted by Gasteiger charge is -2.32. The Morgan fingerprint density at radius 2 is 2.03 bits per heavy atom. The maximum atomic E-state index is 13.7. The summed E-state index contributed by atoms with van der Waals surface area (Å²) < 4.78 is 5.39. The largest absolute Gasteiger partial charge is 0.467 e. The molecule has 0 radical (unpaired) electrons. The molecule has 0 aliphatic rings. The van der Waals surface area contributed by atoms with Gasteiger partial charge in [0.2, 0.25) is 5.91 Å². The van der Waals surface area contributed by atoms with Gasteiger partial charge in [0.25, 0.3) is 5.91 Å². The van der Waals surface area contributed by atoms with E-state index >= 15 is 0 Å². The number of hydrogen-bond acceptors (Lipinski definition) is 8. The number of carbonyl (C=O) groups is 2. The summed E-state index contributed by atoms with van der Waals surface area (Å²) in [5, 5.41) is 14.8. The summed E-state index contributed by atoms with van der Waals surface area (Å²) in [7, 11) is 0. The SMILES string of the molecule is CC(C)CN(C(=O)c1cnc(C(C)(C)C)nc1NCc1ccco1)[C@@H](CN)C(=O)NCCO. The molecule has 2 aromatic heterocycles. The van der Waals surface area contributed by atoms with Gasteiger partial charge in [0.1, 0.15) is 29.0 Å². The number of aliphatic hydroxyl groups is 1. The zero-order valence-corrected chi connectivity index (χ0v) is 20.1. The van der Waals surface area contributed by atoms with Gasteiger partial charge in [0.05, 0.1) is 19.4 Å². The quantitative estimate of drug-likeness (QED) is 0.395. The maximum Gasteiger partial charge on any atom is 0.259 e. The summed E-state index contributed by atoms with van der Waals surface area (Å²) in [6.07, 6.45) is 3.07. The van der Waals surface area contributed by atoms with Crippen molar-refractivity contribution < 1.29 is 19.1 Å². The highest BCUT2D eigenvalue weighted by atomic mass is 16.3. The molecule has 5 N–H and O–H groups in total. The molecule has 2 heterocycles. The van der Waals surface area contributed by atoms with Gasteiger partial charge in [-0.25, -0.2) is 9.97 Å². The molecule has 0 fully saturated rings. The van der Waals surface area contributed by atoms with E-state index in [4.69, 9.17) is 15.3 Å². The Balaban J connectivity index is 2.44. The Bertz CT molecular complexity index is 908. The first-order valence-corrected chi connectivity index (χ1v) is 11.1. The molecule has 0 aromatic carbocycles. The fraction of sp³-hybridized carbons (Fsp3) is 0.565. The van der Waals surface area contributed by atoms with E-state index in [1.54, 1.807) is 12.3 Å². The molecular weight excluding hydrogens is 424 g/mol. The summed E-state index contributed by atoms with van der Waals surface area (Å²) in [5.41, 5.74) is 5.81. The first kappa shape index (κ1) is 26.3. The summed E-state index contributed by atoms with van der Waals surface area (Å²) in [5.74, 6) is 0.886. The first-order chi connectivity index (χ1) is 15.6. The van der Waals surface area contributed by atoms with E-state index in [0.29, 0.717) is 30.5 Å². The van der Waals surface area contributed by atoms with Gasteiger partial charge in [-0.15, -0.1) is 0 Å². The minimum Gasteiger partial charge on any atom is -0.467 e. The number of nitrogens with two attached hydrogens (primary N) is 1. The molecule has 10 heteroatoms. The highest BCUT2D eigenvalue weighted by Crippen LogP contribution is 2.24. The van der Waals surface area contributed by atoms with Crippen molar-refractivity contribution in [2.75, 3.05) is 31.6 Å². The first-order valence-electron chi connectivity index (χ1n) is 11.1. The number of amides is 2. The zero-order valence-electron chi connectivity index (χ0n) is 20.1. The lowest BCUT2D eigenvalue weighted by atomic mass is 9.95.